The average molecular weight is 343 g/mol. The van der Waals surface area contributed by atoms with E-state index in [4.69, 9.17) is 0 Å². The third kappa shape index (κ3) is 5.25. The number of amides is 1. The van der Waals surface area contributed by atoms with Gasteiger partial charge in [-0.05, 0) is 48.8 Å². The van der Waals surface area contributed by atoms with Gasteiger partial charge in [-0.3, -0.25) is 4.79 Å². The van der Waals surface area contributed by atoms with Gasteiger partial charge in [-0.1, -0.05) is 43.2 Å². The summed E-state index contributed by atoms with van der Waals surface area (Å²) in [5.74, 6) is 1.65. The normalized spacial score (nSPS) is 16.0. The van der Waals surface area contributed by atoms with Crippen molar-refractivity contribution in [2.75, 3.05) is 36.5 Å². The Morgan fingerprint density at radius 3 is 2.54 bits per heavy atom. The fraction of sp³-hybridized carbons (Fsp3) is 0.450. The highest BCUT2D eigenvalue weighted by Gasteiger charge is 2.09. The van der Waals surface area contributed by atoms with Gasteiger partial charge in [0.05, 0.1) is 5.75 Å². The fourth-order valence-electron chi connectivity index (χ4n) is 3.18. The van der Waals surface area contributed by atoms with Crippen molar-refractivity contribution in [2.24, 2.45) is 0 Å². The molecule has 0 radical (unpaired) electrons. The van der Waals surface area contributed by atoms with Gasteiger partial charge < -0.3 is 10.2 Å². The molecule has 0 saturated carbocycles. The number of carbonyl (C=O) groups excluding carboxylic acids is 1. The molecule has 1 amide bonds. The zero-order chi connectivity index (χ0) is 16.6. The predicted molar refractivity (Wildman–Crippen MR) is 105 cm³/mol. The molecule has 24 heavy (non-hydrogen) atoms. The summed E-state index contributed by atoms with van der Waals surface area (Å²) in [7, 11) is 0. The Hall–Kier alpha value is -1.52. The first-order valence-corrected chi connectivity index (χ1v) is 10.1. The van der Waals surface area contributed by atoms with Crippen molar-refractivity contribution in [1.29, 1.82) is 0 Å². The lowest BCUT2D eigenvalue weighted by Gasteiger charge is -2.19. The third-order valence-corrected chi connectivity index (χ3v) is 5.45. The third-order valence-electron chi connectivity index (χ3n) is 4.52. The highest BCUT2D eigenvalue weighted by atomic mass is 32.2. The number of nitrogens with one attached hydrogen (secondary N) is 1. The Balaban J connectivity index is 1.40. The first-order valence-electron chi connectivity index (χ1n) is 8.90. The second-order valence-corrected chi connectivity index (χ2v) is 7.52. The molecule has 3 rings (SSSR count). The van der Waals surface area contributed by atoms with Gasteiger partial charge in [-0.15, -0.1) is 0 Å². The molecule has 2 aromatic carbocycles. The standard InChI is InChI=1S/C20H26N2OS/c23-20(16-24-14-13-22-11-5-1-2-6-12-22)21-19-10-9-17-7-3-4-8-18(17)15-19/h3-4,7-10,15H,1-2,5-6,11-14,16H2,(H,21,23). The van der Waals surface area contributed by atoms with Crippen LogP contribution >= 0.6 is 11.8 Å². The van der Waals surface area contributed by atoms with Gasteiger partial charge in [-0.2, -0.15) is 11.8 Å². The number of nitrogens with zero attached hydrogens (tertiary/aromatic N) is 1. The number of anilines is 1. The molecule has 1 aliphatic rings. The second kappa shape index (κ2) is 9.09. The summed E-state index contributed by atoms with van der Waals surface area (Å²) in [6, 6.07) is 14.3. The molecule has 0 aromatic heterocycles. The lowest BCUT2D eigenvalue weighted by atomic mass is 10.1. The van der Waals surface area contributed by atoms with E-state index in [-0.39, 0.29) is 5.91 Å². The number of hydrogen-bond acceptors (Lipinski definition) is 3. The molecule has 0 bridgehead atoms. The summed E-state index contributed by atoms with van der Waals surface area (Å²) in [5.41, 5.74) is 0.881. The van der Waals surface area contributed by atoms with Crippen LogP contribution in [-0.4, -0.2) is 41.9 Å². The van der Waals surface area contributed by atoms with E-state index in [2.05, 4.69) is 28.4 Å². The molecule has 1 aliphatic heterocycles. The highest BCUT2D eigenvalue weighted by Crippen LogP contribution is 2.19. The van der Waals surface area contributed by atoms with Crippen molar-refractivity contribution in [1.82, 2.24) is 4.90 Å². The maximum atomic E-state index is 12.1. The van der Waals surface area contributed by atoms with Crippen molar-refractivity contribution in [3.63, 3.8) is 0 Å². The predicted octanol–water partition coefficient (Wildman–Crippen LogP) is 4.39. The molecule has 128 valence electrons. The van der Waals surface area contributed by atoms with E-state index in [1.54, 1.807) is 11.8 Å². The molecule has 0 spiro atoms. The summed E-state index contributed by atoms with van der Waals surface area (Å²) in [5, 5.41) is 5.36. The van der Waals surface area contributed by atoms with Crippen molar-refractivity contribution >= 4 is 34.1 Å². The average Bonchev–Trinajstić information content (AvgIpc) is 2.87. The molecule has 1 saturated heterocycles. The maximum absolute atomic E-state index is 12.1. The topological polar surface area (TPSA) is 32.3 Å². The summed E-state index contributed by atoms with van der Waals surface area (Å²) < 4.78 is 0. The number of benzene rings is 2. The Kier molecular flexibility index (Phi) is 6.56. The summed E-state index contributed by atoms with van der Waals surface area (Å²) in [6.45, 7) is 3.56. The minimum Gasteiger partial charge on any atom is -0.325 e. The molecule has 1 fully saturated rings. The second-order valence-electron chi connectivity index (χ2n) is 6.42. The number of likely N-dealkylation sites (tertiary alicyclic amines) is 1. The van der Waals surface area contributed by atoms with Gasteiger partial charge in [0.15, 0.2) is 0 Å². The number of carbonyl (C=O) groups is 1. The van der Waals surface area contributed by atoms with Crippen LogP contribution in [0.15, 0.2) is 42.5 Å². The Morgan fingerprint density at radius 1 is 1.00 bits per heavy atom. The molecule has 4 heteroatoms. The lowest BCUT2D eigenvalue weighted by Crippen LogP contribution is -2.27. The summed E-state index contributed by atoms with van der Waals surface area (Å²) >= 11 is 1.73. The van der Waals surface area contributed by atoms with E-state index in [9.17, 15) is 4.79 Å². The molecule has 3 nitrogen and oxygen atoms in total. The molecule has 0 aliphatic carbocycles. The monoisotopic (exact) mass is 342 g/mol. The molecular weight excluding hydrogens is 316 g/mol. The van der Waals surface area contributed by atoms with Crippen LogP contribution in [0.5, 0.6) is 0 Å². The van der Waals surface area contributed by atoms with Crippen LogP contribution in [-0.2, 0) is 4.79 Å². The quantitative estimate of drug-likeness (QED) is 0.790. The van der Waals surface area contributed by atoms with Gasteiger partial charge in [0.2, 0.25) is 5.91 Å². The largest absolute Gasteiger partial charge is 0.325 e. The summed E-state index contributed by atoms with van der Waals surface area (Å²) in [4.78, 5) is 14.7. The Morgan fingerprint density at radius 2 is 1.75 bits per heavy atom. The molecule has 0 unspecified atom stereocenters. The van der Waals surface area contributed by atoms with E-state index in [1.165, 1.54) is 44.2 Å². The summed E-state index contributed by atoms with van der Waals surface area (Å²) in [6.07, 6.45) is 5.40. The number of fused-ring (bicyclic) bond motifs is 1. The van der Waals surface area contributed by atoms with E-state index >= 15 is 0 Å². The highest BCUT2D eigenvalue weighted by molar-refractivity contribution is 7.99. The van der Waals surface area contributed by atoms with E-state index in [0.717, 1.165) is 23.4 Å². The minimum absolute atomic E-state index is 0.0890. The van der Waals surface area contributed by atoms with Crippen molar-refractivity contribution in [2.45, 2.75) is 25.7 Å². The van der Waals surface area contributed by atoms with Gasteiger partial charge in [0, 0.05) is 18.0 Å². The van der Waals surface area contributed by atoms with Crippen LogP contribution in [0, 0.1) is 0 Å². The van der Waals surface area contributed by atoms with Crippen molar-refractivity contribution < 1.29 is 4.79 Å². The molecule has 1 heterocycles. The van der Waals surface area contributed by atoms with Gasteiger partial charge >= 0.3 is 0 Å². The minimum atomic E-state index is 0.0890. The fourth-order valence-corrected chi connectivity index (χ4v) is 3.97. The van der Waals surface area contributed by atoms with Gasteiger partial charge in [0.1, 0.15) is 0 Å². The van der Waals surface area contributed by atoms with Crippen LogP contribution in [0.1, 0.15) is 25.7 Å². The maximum Gasteiger partial charge on any atom is 0.234 e. The Labute approximate surface area is 148 Å². The zero-order valence-electron chi connectivity index (χ0n) is 14.2. The van der Waals surface area contributed by atoms with Crippen LogP contribution in [0.4, 0.5) is 5.69 Å². The van der Waals surface area contributed by atoms with Crippen molar-refractivity contribution in [3.8, 4) is 0 Å². The SMILES string of the molecule is O=C(CSCCN1CCCCCC1)Nc1ccc2ccccc2c1. The number of hydrogen-bond donors (Lipinski definition) is 1. The van der Waals surface area contributed by atoms with Crippen LogP contribution in [0.25, 0.3) is 10.8 Å². The van der Waals surface area contributed by atoms with Gasteiger partial charge in [-0.25, -0.2) is 0 Å². The van der Waals surface area contributed by atoms with Crippen LogP contribution < -0.4 is 5.32 Å². The lowest BCUT2D eigenvalue weighted by molar-refractivity contribution is -0.113. The number of thioether (sulfide) groups is 1. The molecular formula is C20H26N2OS. The molecule has 2 aromatic rings. The van der Waals surface area contributed by atoms with E-state index in [0.29, 0.717) is 5.75 Å². The van der Waals surface area contributed by atoms with E-state index in [1.807, 2.05) is 24.3 Å². The first kappa shape index (κ1) is 17.3. The molecule has 0 atom stereocenters. The first-order chi connectivity index (χ1) is 11.8. The number of rotatable bonds is 6. The van der Waals surface area contributed by atoms with Crippen molar-refractivity contribution in [3.05, 3.63) is 42.5 Å². The zero-order valence-corrected chi connectivity index (χ0v) is 15.0. The van der Waals surface area contributed by atoms with Crippen LogP contribution in [0.2, 0.25) is 0 Å². The van der Waals surface area contributed by atoms with E-state index < -0.39 is 0 Å². The van der Waals surface area contributed by atoms with Gasteiger partial charge in [0.25, 0.3) is 0 Å². The Bertz CT molecular complexity index is 665. The smallest absolute Gasteiger partial charge is 0.234 e. The van der Waals surface area contributed by atoms with Crippen LogP contribution in [0.3, 0.4) is 0 Å². The molecule has 1 N–H and O–H groups in total.